The smallest absolute Gasteiger partial charge is 0.288 e. The second kappa shape index (κ2) is 8.68. The molecule has 2 aromatic carbocycles. The normalized spacial score (nSPS) is 10.9. The number of carbonyl (C=O) groups is 1. The fourth-order valence-corrected chi connectivity index (χ4v) is 3.53. The first-order valence-electron chi connectivity index (χ1n) is 9.98. The Kier molecular flexibility index (Phi) is 5.40. The molecule has 0 bridgehead atoms. The van der Waals surface area contributed by atoms with E-state index in [1.54, 1.807) is 29.0 Å². The van der Waals surface area contributed by atoms with Gasteiger partial charge in [0.15, 0.2) is 11.5 Å². The van der Waals surface area contributed by atoms with Gasteiger partial charge in [-0.2, -0.15) is 9.61 Å². The Hall–Kier alpha value is -4.70. The first kappa shape index (κ1) is 21.2. The molecule has 0 saturated heterocycles. The van der Waals surface area contributed by atoms with Crippen molar-refractivity contribution in [3.8, 4) is 22.6 Å². The lowest BCUT2D eigenvalue weighted by atomic mass is 10.1. The maximum Gasteiger partial charge on any atom is 0.288 e. The molecule has 3 aromatic heterocycles. The van der Waals surface area contributed by atoms with Gasteiger partial charge < -0.3 is 5.32 Å². The highest BCUT2D eigenvalue weighted by atomic mass is 35.5. The number of hydrogen-bond acceptors (Lipinski definition) is 7. The molecule has 5 rings (SSSR count). The fourth-order valence-electron chi connectivity index (χ4n) is 3.35. The van der Waals surface area contributed by atoms with Crippen LogP contribution in [0.25, 0.3) is 28.3 Å². The Morgan fingerprint density at radius 2 is 1.71 bits per heavy atom. The largest absolute Gasteiger partial charge is 0.322 e. The van der Waals surface area contributed by atoms with Crippen molar-refractivity contribution in [1.82, 2.24) is 24.8 Å². The van der Waals surface area contributed by atoms with Crippen molar-refractivity contribution in [3.63, 3.8) is 0 Å². The van der Waals surface area contributed by atoms with Gasteiger partial charge in [-0.05, 0) is 48.5 Å². The lowest BCUT2D eigenvalue weighted by Crippen LogP contribution is -2.12. The zero-order chi connectivity index (χ0) is 23.7. The minimum atomic E-state index is -0.631. The van der Waals surface area contributed by atoms with Crippen LogP contribution in [0.5, 0.6) is 0 Å². The molecule has 5 aromatic rings. The molecule has 0 unspecified atom stereocenters. The molecule has 0 atom stereocenters. The van der Waals surface area contributed by atoms with E-state index in [4.69, 9.17) is 11.6 Å². The van der Waals surface area contributed by atoms with Crippen LogP contribution in [0.2, 0.25) is 5.02 Å². The molecule has 0 saturated carbocycles. The van der Waals surface area contributed by atoms with Gasteiger partial charge in [0, 0.05) is 40.8 Å². The van der Waals surface area contributed by atoms with Gasteiger partial charge in [-0.1, -0.05) is 23.7 Å². The lowest BCUT2D eigenvalue weighted by Gasteiger charge is -2.07. The molecule has 0 aliphatic rings. The minimum Gasteiger partial charge on any atom is -0.322 e. The zero-order valence-electron chi connectivity index (χ0n) is 17.3. The highest BCUT2D eigenvalue weighted by molar-refractivity contribution is 6.32. The highest BCUT2D eigenvalue weighted by Crippen LogP contribution is 2.26. The van der Waals surface area contributed by atoms with Gasteiger partial charge in [-0.15, -0.1) is 10.2 Å². The van der Waals surface area contributed by atoms with Crippen LogP contribution in [-0.2, 0) is 0 Å². The first-order chi connectivity index (χ1) is 16.5. The number of anilines is 1. The molecular weight excluding hydrogens is 458 g/mol. The van der Waals surface area contributed by atoms with E-state index in [0.29, 0.717) is 22.9 Å². The number of nitro benzene ring substituents is 1. The highest BCUT2D eigenvalue weighted by Gasteiger charge is 2.16. The Bertz CT molecular complexity index is 1540. The van der Waals surface area contributed by atoms with Crippen molar-refractivity contribution >= 4 is 34.5 Å². The average Bonchev–Trinajstić information content (AvgIpc) is 3.28. The molecule has 11 heteroatoms. The molecule has 166 valence electrons. The van der Waals surface area contributed by atoms with Gasteiger partial charge in [0.2, 0.25) is 0 Å². The molecule has 0 fully saturated rings. The summed E-state index contributed by atoms with van der Waals surface area (Å²) in [5.74, 6) is 0.110. The summed E-state index contributed by atoms with van der Waals surface area (Å²) in [5, 5.41) is 26.8. The van der Waals surface area contributed by atoms with Gasteiger partial charge in [-0.25, -0.2) is 0 Å². The lowest BCUT2D eigenvalue weighted by molar-refractivity contribution is -0.384. The van der Waals surface area contributed by atoms with Crippen LogP contribution < -0.4 is 5.32 Å². The summed E-state index contributed by atoms with van der Waals surface area (Å²) in [4.78, 5) is 27.0. The van der Waals surface area contributed by atoms with Crippen LogP contribution in [0.15, 0.2) is 79.1 Å². The Labute approximate surface area is 197 Å². The number of halogens is 1. The number of rotatable bonds is 5. The Morgan fingerprint density at radius 1 is 0.941 bits per heavy atom. The number of nitrogens with zero attached hydrogens (tertiary/aromatic N) is 6. The monoisotopic (exact) mass is 471 g/mol. The van der Waals surface area contributed by atoms with E-state index < -0.39 is 10.8 Å². The minimum absolute atomic E-state index is 0.0319. The van der Waals surface area contributed by atoms with Gasteiger partial charge in [0.05, 0.1) is 10.6 Å². The van der Waals surface area contributed by atoms with Crippen molar-refractivity contribution in [2.75, 3.05) is 5.32 Å². The number of benzene rings is 2. The molecule has 3 heterocycles. The Balaban J connectivity index is 1.39. The summed E-state index contributed by atoms with van der Waals surface area (Å²) < 4.78 is 1.66. The SMILES string of the molecule is O=C(Nc1ccc(-c2ccc3nnc(-c4ccncc4)n3n2)cc1)c1ccc(Cl)c([N+](=O)[O-])c1. The van der Waals surface area contributed by atoms with E-state index >= 15 is 0 Å². The zero-order valence-corrected chi connectivity index (χ0v) is 18.0. The van der Waals surface area contributed by atoms with Crippen molar-refractivity contribution in [1.29, 1.82) is 0 Å². The van der Waals surface area contributed by atoms with Gasteiger partial charge in [0.25, 0.3) is 11.6 Å². The number of pyridine rings is 1. The standard InChI is InChI=1S/C23H14ClN7O3/c24-18-6-3-16(13-20(18)31(33)34)23(32)26-17-4-1-14(2-5-17)19-7-8-21-27-28-22(30(21)29-19)15-9-11-25-12-10-15/h1-13H,(H,26,32). The quantitative estimate of drug-likeness (QED) is 0.291. The summed E-state index contributed by atoms with van der Waals surface area (Å²) >= 11 is 5.81. The topological polar surface area (TPSA) is 128 Å². The maximum absolute atomic E-state index is 12.5. The van der Waals surface area contributed by atoms with Gasteiger partial charge in [0.1, 0.15) is 5.02 Å². The number of carbonyl (C=O) groups excluding carboxylic acids is 1. The van der Waals surface area contributed by atoms with Gasteiger partial charge in [-0.3, -0.25) is 19.9 Å². The summed E-state index contributed by atoms with van der Waals surface area (Å²) in [6, 6.07) is 18.3. The van der Waals surface area contributed by atoms with Crippen LogP contribution in [0.4, 0.5) is 11.4 Å². The number of fused-ring (bicyclic) bond motifs is 1. The van der Waals surface area contributed by atoms with E-state index in [9.17, 15) is 14.9 Å². The predicted molar refractivity (Wildman–Crippen MR) is 126 cm³/mol. The van der Waals surface area contributed by atoms with Crippen LogP contribution in [0, 0.1) is 10.1 Å². The van der Waals surface area contributed by atoms with Crippen molar-refractivity contribution in [3.05, 3.63) is 99.8 Å². The summed E-state index contributed by atoms with van der Waals surface area (Å²) in [6.45, 7) is 0. The van der Waals surface area contributed by atoms with Crippen LogP contribution in [-0.4, -0.2) is 35.6 Å². The van der Waals surface area contributed by atoms with E-state index in [-0.39, 0.29) is 16.3 Å². The molecule has 1 N–H and O–H groups in total. The molecule has 10 nitrogen and oxygen atoms in total. The van der Waals surface area contributed by atoms with Crippen LogP contribution in [0.3, 0.4) is 0 Å². The Morgan fingerprint density at radius 3 is 2.44 bits per heavy atom. The summed E-state index contributed by atoms with van der Waals surface area (Å²) in [5.41, 5.74) is 3.28. The third-order valence-electron chi connectivity index (χ3n) is 5.04. The molecule has 0 aliphatic heterocycles. The first-order valence-corrected chi connectivity index (χ1v) is 10.4. The molecule has 1 amide bonds. The van der Waals surface area contributed by atoms with E-state index in [0.717, 1.165) is 17.2 Å². The maximum atomic E-state index is 12.5. The van der Waals surface area contributed by atoms with Crippen LogP contribution >= 0.6 is 11.6 Å². The summed E-state index contributed by atoms with van der Waals surface area (Å²) in [7, 11) is 0. The van der Waals surface area contributed by atoms with E-state index in [2.05, 4.69) is 25.6 Å². The van der Waals surface area contributed by atoms with Crippen molar-refractivity contribution in [2.45, 2.75) is 0 Å². The number of nitrogens with one attached hydrogen (secondary N) is 1. The molecule has 0 spiro atoms. The second-order valence-electron chi connectivity index (χ2n) is 7.20. The summed E-state index contributed by atoms with van der Waals surface area (Å²) in [6.07, 6.45) is 3.35. The fraction of sp³-hybridized carbons (Fsp3) is 0. The number of nitro groups is 1. The third-order valence-corrected chi connectivity index (χ3v) is 5.36. The van der Waals surface area contributed by atoms with E-state index in [1.165, 1.54) is 12.1 Å². The van der Waals surface area contributed by atoms with Crippen molar-refractivity contribution < 1.29 is 9.72 Å². The number of hydrogen-bond donors (Lipinski definition) is 1. The predicted octanol–water partition coefficient (Wildman–Crippen LogP) is 4.67. The molecule has 0 aliphatic carbocycles. The van der Waals surface area contributed by atoms with Crippen LogP contribution in [0.1, 0.15) is 10.4 Å². The molecular formula is C23H14ClN7O3. The van der Waals surface area contributed by atoms with E-state index in [1.807, 2.05) is 36.4 Å². The average molecular weight is 472 g/mol. The number of aromatic nitrogens is 5. The van der Waals surface area contributed by atoms with Gasteiger partial charge >= 0.3 is 0 Å². The van der Waals surface area contributed by atoms with Crippen molar-refractivity contribution in [2.24, 2.45) is 0 Å². The number of amides is 1. The molecule has 34 heavy (non-hydrogen) atoms. The third kappa shape index (κ3) is 4.05. The second-order valence-corrected chi connectivity index (χ2v) is 7.61. The molecule has 0 radical (unpaired) electrons.